The third kappa shape index (κ3) is 2.73. The first-order valence-electron chi connectivity index (χ1n) is 5.85. The molecule has 0 spiro atoms. The van der Waals surface area contributed by atoms with E-state index < -0.39 is 23.9 Å². The van der Waals surface area contributed by atoms with Crippen LogP contribution in [0.2, 0.25) is 0 Å². The van der Waals surface area contributed by atoms with E-state index >= 15 is 0 Å². The lowest BCUT2D eigenvalue weighted by Crippen LogP contribution is -2.49. The van der Waals surface area contributed by atoms with Gasteiger partial charge in [-0.2, -0.15) is 0 Å². The van der Waals surface area contributed by atoms with Gasteiger partial charge in [-0.1, -0.05) is 5.16 Å². The molecule has 1 amide bonds. The largest absolute Gasteiger partial charge is 0.444 e. The van der Waals surface area contributed by atoms with E-state index in [1.807, 2.05) is 0 Å². The van der Waals surface area contributed by atoms with Crippen LogP contribution in [0.3, 0.4) is 0 Å². The molecule has 2 aliphatic rings. The number of ether oxygens (including phenoxy) is 2. The molecule has 1 aliphatic carbocycles. The number of carbonyl (C=O) groups is 1. The third-order valence-corrected chi connectivity index (χ3v) is 2.87. The van der Waals surface area contributed by atoms with Gasteiger partial charge in [-0.25, -0.2) is 4.79 Å². The summed E-state index contributed by atoms with van der Waals surface area (Å²) >= 11 is 0. The van der Waals surface area contributed by atoms with Gasteiger partial charge in [0.2, 0.25) is 0 Å². The quantitative estimate of drug-likeness (QED) is 0.355. The van der Waals surface area contributed by atoms with Crippen molar-refractivity contribution in [2.75, 3.05) is 0 Å². The van der Waals surface area contributed by atoms with Crippen LogP contribution < -0.4 is 5.32 Å². The molecular formula is C11H18N2O5. The summed E-state index contributed by atoms with van der Waals surface area (Å²) in [5.74, 6) is 0. The minimum Gasteiger partial charge on any atom is -0.444 e. The number of alkyl carbamates (subject to hydrolysis) is 1. The van der Waals surface area contributed by atoms with Gasteiger partial charge in [-0.3, -0.25) is 0 Å². The van der Waals surface area contributed by atoms with Crippen molar-refractivity contribution in [1.82, 2.24) is 5.32 Å². The standard InChI is InChI=1S/C11H18N2O5/c1-11(2,3)18-10(15)12-6-4-5(13-16)7(14)9-8(6)17-9/h6-9,14,16H,4H2,1-3H3,(H,12,15)/b13-5-/t6-,7+,8+,9-/m1/s1. The van der Waals surface area contributed by atoms with E-state index in [2.05, 4.69) is 10.5 Å². The lowest BCUT2D eigenvalue weighted by atomic mass is 9.91. The van der Waals surface area contributed by atoms with Crippen LogP contribution in [0, 0.1) is 0 Å². The van der Waals surface area contributed by atoms with Gasteiger partial charge < -0.3 is 25.1 Å². The van der Waals surface area contributed by atoms with Gasteiger partial charge in [0.05, 0.1) is 11.8 Å². The van der Waals surface area contributed by atoms with E-state index in [4.69, 9.17) is 14.7 Å². The minimum atomic E-state index is -0.892. The summed E-state index contributed by atoms with van der Waals surface area (Å²) in [5, 5.41) is 24.1. The predicted molar refractivity (Wildman–Crippen MR) is 61.7 cm³/mol. The number of carbonyl (C=O) groups excluding carboxylic acids is 1. The Kier molecular flexibility index (Phi) is 3.20. The van der Waals surface area contributed by atoms with Gasteiger partial charge in [0, 0.05) is 6.42 Å². The minimum absolute atomic E-state index is 0.217. The van der Waals surface area contributed by atoms with Crippen molar-refractivity contribution in [3.05, 3.63) is 0 Å². The normalized spacial score (nSPS) is 37.0. The molecular weight excluding hydrogens is 240 g/mol. The van der Waals surface area contributed by atoms with Crippen LogP contribution in [0.15, 0.2) is 5.16 Å². The molecule has 0 aromatic carbocycles. The topological polar surface area (TPSA) is 104 Å². The Morgan fingerprint density at radius 2 is 2.17 bits per heavy atom. The number of nitrogens with one attached hydrogen (secondary N) is 1. The van der Waals surface area contributed by atoms with Crippen molar-refractivity contribution in [1.29, 1.82) is 0 Å². The van der Waals surface area contributed by atoms with Crippen molar-refractivity contribution < 1.29 is 24.6 Å². The number of rotatable bonds is 1. The molecule has 1 aliphatic heterocycles. The number of hydrogen-bond acceptors (Lipinski definition) is 6. The van der Waals surface area contributed by atoms with Gasteiger partial charge in [0.25, 0.3) is 0 Å². The maximum atomic E-state index is 11.6. The van der Waals surface area contributed by atoms with E-state index in [9.17, 15) is 9.90 Å². The molecule has 1 heterocycles. The molecule has 0 radical (unpaired) electrons. The molecule has 0 aromatic rings. The van der Waals surface area contributed by atoms with E-state index in [-0.39, 0.29) is 24.3 Å². The summed E-state index contributed by atoms with van der Waals surface area (Å²) in [6.45, 7) is 5.32. The first-order chi connectivity index (χ1) is 8.31. The summed E-state index contributed by atoms with van der Waals surface area (Å²) in [7, 11) is 0. The number of fused-ring (bicyclic) bond motifs is 1. The van der Waals surface area contributed by atoms with Crippen LogP contribution in [0.4, 0.5) is 4.79 Å². The number of amides is 1. The Balaban J connectivity index is 1.93. The van der Waals surface area contributed by atoms with Gasteiger partial charge in [-0.05, 0) is 20.8 Å². The fourth-order valence-electron chi connectivity index (χ4n) is 2.06. The van der Waals surface area contributed by atoms with Gasteiger partial charge in [0.1, 0.15) is 23.9 Å². The van der Waals surface area contributed by atoms with Crippen molar-refractivity contribution in [2.24, 2.45) is 5.16 Å². The zero-order valence-corrected chi connectivity index (χ0v) is 10.6. The molecule has 7 heteroatoms. The highest BCUT2D eigenvalue weighted by Crippen LogP contribution is 2.36. The van der Waals surface area contributed by atoms with Crippen LogP contribution >= 0.6 is 0 Å². The van der Waals surface area contributed by atoms with Gasteiger partial charge in [-0.15, -0.1) is 0 Å². The molecule has 0 aromatic heterocycles. The second kappa shape index (κ2) is 4.40. The maximum Gasteiger partial charge on any atom is 0.407 e. The number of epoxide rings is 1. The lowest BCUT2D eigenvalue weighted by molar-refractivity contribution is 0.0495. The number of aliphatic hydroxyl groups is 1. The lowest BCUT2D eigenvalue weighted by Gasteiger charge is -2.25. The van der Waals surface area contributed by atoms with Crippen LogP contribution in [0.5, 0.6) is 0 Å². The smallest absolute Gasteiger partial charge is 0.407 e. The van der Waals surface area contributed by atoms with Gasteiger partial charge >= 0.3 is 6.09 Å². The van der Waals surface area contributed by atoms with Gasteiger partial charge in [0.15, 0.2) is 0 Å². The number of oxime groups is 1. The molecule has 0 unspecified atom stereocenters. The Labute approximate surface area is 105 Å². The van der Waals surface area contributed by atoms with Crippen molar-refractivity contribution in [2.45, 2.75) is 57.1 Å². The molecule has 3 N–H and O–H groups in total. The number of aliphatic hydroxyl groups excluding tert-OH is 1. The summed E-state index contributed by atoms with van der Waals surface area (Å²) in [5.41, 5.74) is -0.356. The van der Waals surface area contributed by atoms with Crippen LogP contribution in [-0.4, -0.2) is 52.1 Å². The van der Waals surface area contributed by atoms with Crippen molar-refractivity contribution in [3.8, 4) is 0 Å². The Morgan fingerprint density at radius 1 is 1.50 bits per heavy atom. The highest BCUT2D eigenvalue weighted by Gasteiger charge is 2.56. The molecule has 4 atom stereocenters. The second-order valence-corrected chi connectivity index (χ2v) is 5.56. The summed E-state index contributed by atoms with van der Waals surface area (Å²) < 4.78 is 10.4. The molecule has 0 bridgehead atoms. The summed E-state index contributed by atoms with van der Waals surface area (Å²) in [4.78, 5) is 11.6. The molecule has 18 heavy (non-hydrogen) atoms. The van der Waals surface area contributed by atoms with E-state index in [1.54, 1.807) is 20.8 Å². The Bertz CT molecular complexity index is 376. The highest BCUT2D eigenvalue weighted by molar-refractivity contribution is 5.91. The SMILES string of the molecule is CC(C)(C)OC(=O)N[C@@H]1C/C(=N/O)[C@H](O)[C@H]2O[C@H]21. The first-order valence-corrected chi connectivity index (χ1v) is 5.85. The zero-order valence-electron chi connectivity index (χ0n) is 10.6. The Morgan fingerprint density at radius 3 is 2.72 bits per heavy atom. The fraction of sp³-hybridized carbons (Fsp3) is 0.818. The molecule has 1 saturated carbocycles. The molecule has 2 rings (SSSR count). The predicted octanol–water partition coefficient (Wildman–Crippen LogP) is 0.242. The number of nitrogens with zero attached hydrogens (tertiary/aromatic N) is 1. The monoisotopic (exact) mass is 258 g/mol. The molecule has 2 fully saturated rings. The third-order valence-electron chi connectivity index (χ3n) is 2.87. The van der Waals surface area contributed by atoms with E-state index in [0.717, 1.165) is 0 Å². The van der Waals surface area contributed by atoms with E-state index in [1.165, 1.54) is 0 Å². The average Bonchev–Trinajstić information content (AvgIpc) is 2.99. The molecule has 102 valence electrons. The second-order valence-electron chi connectivity index (χ2n) is 5.56. The van der Waals surface area contributed by atoms with E-state index in [0.29, 0.717) is 0 Å². The van der Waals surface area contributed by atoms with Crippen LogP contribution in [0.1, 0.15) is 27.2 Å². The summed E-state index contributed by atoms with van der Waals surface area (Å²) in [6, 6.07) is -0.334. The zero-order chi connectivity index (χ0) is 13.5. The number of hydrogen-bond donors (Lipinski definition) is 3. The molecule has 7 nitrogen and oxygen atoms in total. The van der Waals surface area contributed by atoms with Crippen molar-refractivity contribution in [3.63, 3.8) is 0 Å². The summed E-state index contributed by atoms with van der Waals surface area (Å²) in [6.07, 6.45) is -1.83. The first kappa shape index (κ1) is 13.1. The average molecular weight is 258 g/mol. The molecule has 1 saturated heterocycles. The van der Waals surface area contributed by atoms with Crippen LogP contribution in [-0.2, 0) is 9.47 Å². The van der Waals surface area contributed by atoms with Crippen LogP contribution in [0.25, 0.3) is 0 Å². The Hall–Kier alpha value is -1.34. The highest BCUT2D eigenvalue weighted by atomic mass is 16.6. The maximum absolute atomic E-state index is 11.6. The van der Waals surface area contributed by atoms with Crippen molar-refractivity contribution >= 4 is 11.8 Å². The fourth-order valence-corrected chi connectivity index (χ4v) is 2.06.